The second-order valence-corrected chi connectivity index (χ2v) is 10.9. The normalized spacial score (nSPS) is 25.0. The monoisotopic (exact) mass is 554 g/mol. The van der Waals surface area contributed by atoms with Crippen LogP contribution in [0.1, 0.15) is 69.7 Å². The summed E-state index contributed by atoms with van der Waals surface area (Å²) in [5.41, 5.74) is -0.543. The Morgan fingerprint density at radius 3 is 2.55 bits per heavy atom. The number of nitrogens with zero attached hydrogens (tertiary/aromatic N) is 4. The molecule has 1 fully saturated rings. The summed E-state index contributed by atoms with van der Waals surface area (Å²) in [4.78, 5) is 14.1. The van der Waals surface area contributed by atoms with Crippen molar-refractivity contribution in [3.05, 3.63) is 29.8 Å². The molecule has 0 amide bonds. The molecule has 2 aromatic heterocycles. The number of phosphoric ester groups is 1. The number of phosphoric acid groups is 1. The van der Waals surface area contributed by atoms with Gasteiger partial charge in [0.25, 0.3) is 0 Å². The zero-order valence-electron chi connectivity index (χ0n) is 22.1. The van der Waals surface area contributed by atoms with E-state index >= 15 is 0 Å². The Bertz CT molecular complexity index is 1110. The van der Waals surface area contributed by atoms with Crippen molar-refractivity contribution in [1.82, 2.24) is 14.6 Å². The van der Waals surface area contributed by atoms with Crippen LogP contribution >= 0.6 is 7.82 Å². The topological polar surface area (TPSA) is 169 Å². The van der Waals surface area contributed by atoms with Gasteiger partial charge in [0, 0.05) is 13.2 Å². The molecule has 1 aliphatic rings. The summed E-state index contributed by atoms with van der Waals surface area (Å²) in [7, 11) is -4.46. The third-order valence-corrected chi connectivity index (χ3v) is 7.62. The summed E-state index contributed by atoms with van der Waals surface area (Å²) in [5, 5.41) is 35.4. The molecule has 0 radical (unpaired) electrons. The molecule has 3 rings (SSSR count). The number of unbranched alkanes of at least 4 members (excludes halogenated alkanes) is 6. The Kier molecular flexibility index (Phi) is 11.6. The molecule has 0 spiro atoms. The number of nitriles is 1. The van der Waals surface area contributed by atoms with E-state index in [2.05, 4.69) is 17.0 Å². The zero-order valence-corrected chi connectivity index (χ0v) is 23.0. The highest BCUT2D eigenvalue weighted by Crippen LogP contribution is 2.46. The van der Waals surface area contributed by atoms with Gasteiger partial charge in [-0.05, 0) is 31.9 Å². The minimum atomic E-state index is -4.46. The fraction of sp³-hybridized carbons (Fsp3) is 0.720. The lowest BCUT2D eigenvalue weighted by Gasteiger charge is -2.24. The van der Waals surface area contributed by atoms with Crippen molar-refractivity contribution in [1.29, 1.82) is 5.26 Å². The highest BCUT2D eigenvalue weighted by molar-refractivity contribution is 7.47. The third-order valence-electron chi connectivity index (χ3n) is 6.63. The Morgan fingerprint density at radius 1 is 1.11 bits per heavy atom. The molecule has 1 aliphatic heterocycles. The zero-order chi connectivity index (χ0) is 27.6. The maximum atomic E-state index is 12.3. The van der Waals surface area contributed by atoms with E-state index in [0.717, 1.165) is 12.8 Å². The van der Waals surface area contributed by atoms with E-state index in [-0.39, 0.29) is 12.3 Å². The van der Waals surface area contributed by atoms with Crippen molar-refractivity contribution in [3.63, 3.8) is 0 Å². The lowest BCUT2D eigenvalue weighted by molar-refractivity contribution is -0.0643. The smallest absolute Gasteiger partial charge is 0.387 e. The van der Waals surface area contributed by atoms with Crippen LogP contribution in [-0.2, 0) is 28.7 Å². The molecular weight excluding hydrogens is 515 g/mol. The van der Waals surface area contributed by atoms with Gasteiger partial charge in [0.2, 0.25) is 5.60 Å². The molecule has 0 aromatic carbocycles. The first-order valence-corrected chi connectivity index (χ1v) is 14.7. The molecule has 12 nitrogen and oxygen atoms in total. The lowest BCUT2D eigenvalue weighted by atomic mass is 9.92. The number of hydrogen-bond acceptors (Lipinski definition) is 10. The van der Waals surface area contributed by atoms with Gasteiger partial charge in [0.05, 0.1) is 30.1 Å². The Hall–Kier alpha value is -1.94. The van der Waals surface area contributed by atoms with Crippen molar-refractivity contribution in [2.45, 2.75) is 89.1 Å². The fourth-order valence-electron chi connectivity index (χ4n) is 4.46. The van der Waals surface area contributed by atoms with Crippen LogP contribution in [0.2, 0.25) is 0 Å². The highest BCUT2D eigenvalue weighted by atomic mass is 31.2. The molecule has 0 bridgehead atoms. The highest BCUT2D eigenvalue weighted by Gasteiger charge is 2.57. The van der Waals surface area contributed by atoms with E-state index in [1.807, 2.05) is 6.07 Å². The van der Waals surface area contributed by atoms with Gasteiger partial charge >= 0.3 is 7.82 Å². The van der Waals surface area contributed by atoms with Crippen molar-refractivity contribution in [2.75, 3.05) is 26.4 Å². The number of aromatic nitrogens is 3. The molecule has 0 aliphatic carbocycles. The Labute approximate surface area is 223 Å². The van der Waals surface area contributed by atoms with E-state index in [0.29, 0.717) is 30.8 Å². The molecule has 1 saturated heterocycles. The standard InChI is InChI=1S/C25H39N4O8P/c1-3-4-5-6-7-8-9-13-34-14-10-15-35-38(32,33)36-16-21-23(30)24(31)25(17-26,37-21)22-12-11-20-19(2)27-18-28-29(20)22/h11-12,18,21,23-24,30-31H,3-10,13-16H2,1-2H3,(H,32,33)/t21-,23-,24-,25+/m1/s1. The number of aliphatic hydroxyl groups excluding tert-OH is 2. The van der Waals surface area contributed by atoms with Crippen LogP contribution in [0.25, 0.3) is 5.52 Å². The quantitative estimate of drug-likeness (QED) is 0.194. The average molecular weight is 555 g/mol. The number of fused-ring (bicyclic) bond motifs is 1. The first-order chi connectivity index (χ1) is 18.3. The van der Waals surface area contributed by atoms with Crippen LogP contribution in [0.15, 0.2) is 18.5 Å². The third kappa shape index (κ3) is 7.58. The predicted molar refractivity (Wildman–Crippen MR) is 137 cm³/mol. The van der Waals surface area contributed by atoms with Crippen LogP contribution in [0.3, 0.4) is 0 Å². The van der Waals surface area contributed by atoms with Gasteiger partial charge in [-0.1, -0.05) is 45.4 Å². The van der Waals surface area contributed by atoms with E-state index in [1.165, 1.54) is 42.9 Å². The van der Waals surface area contributed by atoms with Gasteiger partial charge in [-0.2, -0.15) is 10.4 Å². The maximum absolute atomic E-state index is 12.3. The molecule has 212 valence electrons. The summed E-state index contributed by atoms with van der Waals surface area (Å²) in [6, 6.07) is 5.15. The van der Waals surface area contributed by atoms with E-state index in [4.69, 9.17) is 18.5 Å². The number of aryl methyl sites for hydroxylation is 1. The van der Waals surface area contributed by atoms with E-state index in [9.17, 15) is 24.9 Å². The molecule has 38 heavy (non-hydrogen) atoms. The Balaban J connectivity index is 1.42. The SMILES string of the molecule is CCCCCCCCCOCCCOP(=O)(O)OC[C@H]1O[C@@](C#N)(c2ccc3c(C)ncnn23)[C@H](O)[C@@H]1O. The van der Waals surface area contributed by atoms with Crippen LogP contribution in [0, 0.1) is 18.3 Å². The van der Waals surface area contributed by atoms with Gasteiger partial charge in [-0.3, -0.25) is 9.05 Å². The average Bonchev–Trinajstić information content (AvgIpc) is 3.44. The number of ether oxygens (including phenoxy) is 2. The van der Waals surface area contributed by atoms with Crippen molar-refractivity contribution in [2.24, 2.45) is 0 Å². The van der Waals surface area contributed by atoms with Gasteiger partial charge in [0.15, 0.2) is 0 Å². The first kappa shape index (κ1) is 30.6. The molecule has 5 atom stereocenters. The van der Waals surface area contributed by atoms with E-state index < -0.39 is 38.3 Å². The lowest BCUT2D eigenvalue weighted by Crippen LogP contribution is -2.41. The molecule has 3 N–H and O–H groups in total. The summed E-state index contributed by atoms with van der Waals surface area (Å²) >= 11 is 0. The second-order valence-electron chi connectivity index (χ2n) is 9.49. The number of aliphatic hydroxyl groups is 2. The summed E-state index contributed by atoms with van der Waals surface area (Å²) in [5.74, 6) is 0. The van der Waals surface area contributed by atoms with Crippen LogP contribution in [0.4, 0.5) is 0 Å². The minimum Gasteiger partial charge on any atom is -0.387 e. The van der Waals surface area contributed by atoms with Crippen molar-refractivity contribution < 1.29 is 38.2 Å². The second kappa shape index (κ2) is 14.4. The summed E-state index contributed by atoms with van der Waals surface area (Å²) in [6.45, 7) is 4.36. The molecular formula is C25H39N4O8P. The van der Waals surface area contributed by atoms with Gasteiger partial charge in [0.1, 0.15) is 30.7 Å². The fourth-order valence-corrected chi connectivity index (χ4v) is 5.23. The predicted octanol–water partition coefficient (Wildman–Crippen LogP) is 3.17. The molecule has 0 saturated carbocycles. The van der Waals surface area contributed by atoms with E-state index in [1.54, 1.807) is 19.1 Å². The molecule has 2 aromatic rings. The first-order valence-electron chi connectivity index (χ1n) is 13.2. The maximum Gasteiger partial charge on any atom is 0.472 e. The van der Waals surface area contributed by atoms with Crippen LogP contribution < -0.4 is 0 Å². The number of rotatable bonds is 17. The van der Waals surface area contributed by atoms with Crippen molar-refractivity contribution >= 4 is 13.3 Å². The number of hydrogen-bond donors (Lipinski definition) is 3. The Morgan fingerprint density at radius 2 is 1.82 bits per heavy atom. The van der Waals surface area contributed by atoms with Gasteiger partial charge < -0.3 is 24.6 Å². The minimum absolute atomic E-state index is 0.0567. The molecule has 3 heterocycles. The van der Waals surface area contributed by atoms with Crippen molar-refractivity contribution in [3.8, 4) is 6.07 Å². The van der Waals surface area contributed by atoms with Gasteiger partial charge in [-0.15, -0.1) is 0 Å². The largest absolute Gasteiger partial charge is 0.472 e. The summed E-state index contributed by atoms with van der Waals surface area (Å²) < 4.78 is 35.0. The van der Waals surface area contributed by atoms with Crippen LogP contribution in [-0.4, -0.2) is 74.4 Å². The molecule has 13 heteroatoms. The van der Waals surface area contributed by atoms with Gasteiger partial charge in [-0.25, -0.2) is 14.1 Å². The van der Waals surface area contributed by atoms with Crippen LogP contribution in [0.5, 0.6) is 0 Å². The summed E-state index contributed by atoms with van der Waals surface area (Å²) in [6.07, 6.45) is 5.59. The molecule has 1 unspecified atom stereocenters.